The summed E-state index contributed by atoms with van der Waals surface area (Å²) in [6.45, 7) is 7.30. The van der Waals surface area contributed by atoms with Crippen LogP contribution in [0.2, 0.25) is 0 Å². The number of carbonyl (C=O) groups is 1. The first-order valence-electron chi connectivity index (χ1n) is 9.47. The number of aromatic nitrogens is 3. The van der Waals surface area contributed by atoms with Gasteiger partial charge in [0.25, 0.3) is 5.91 Å². The number of carbonyl (C=O) groups excluding carboxylic acids is 1. The highest BCUT2D eigenvalue weighted by Gasteiger charge is 2.27. The van der Waals surface area contributed by atoms with E-state index in [0.29, 0.717) is 36.0 Å². The Morgan fingerprint density at radius 1 is 1.21 bits per heavy atom. The Kier molecular flexibility index (Phi) is 5.02. The number of hydrogen-bond acceptors (Lipinski definition) is 4. The Hall–Kier alpha value is -2.54. The average molecular weight is 399 g/mol. The smallest absolute Gasteiger partial charge is 0.271 e. The molecule has 146 valence electrons. The van der Waals surface area contributed by atoms with Gasteiger partial charge in [-0.2, -0.15) is 5.10 Å². The standard InChI is InChI=1S/C21H23FN4OS/c1-12-10-16(4-5-17(12)22)18-11-19(25-24-18)21(27)26-8-6-15(7-9-26)20-23-13(2)14(3)28-20/h4-5,10-11,15H,6-9H2,1-3H3,(H,24,25). The van der Waals surface area contributed by atoms with Crippen molar-refractivity contribution in [2.45, 2.75) is 39.5 Å². The second-order valence-electron chi connectivity index (χ2n) is 7.39. The fourth-order valence-corrected chi connectivity index (χ4v) is 4.65. The van der Waals surface area contributed by atoms with E-state index in [9.17, 15) is 9.18 Å². The van der Waals surface area contributed by atoms with E-state index in [2.05, 4.69) is 22.1 Å². The van der Waals surface area contributed by atoms with Crippen molar-refractivity contribution in [3.8, 4) is 11.3 Å². The number of hydrogen-bond donors (Lipinski definition) is 1. The van der Waals surface area contributed by atoms with Crippen LogP contribution in [-0.2, 0) is 0 Å². The number of thiazole rings is 1. The van der Waals surface area contributed by atoms with Gasteiger partial charge in [0, 0.05) is 29.4 Å². The molecule has 1 amide bonds. The van der Waals surface area contributed by atoms with Crippen molar-refractivity contribution in [2.75, 3.05) is 13.1 Å². The van der Waals surface area contributed by atoms with Crippen molar-refractivity contribution in [2.24, 2.45) is 0 Å². The number of aromatic amines is 1. The molecule has 0 aliphatic carbocycles. The summed E-state index contributed by atoms with van der Waals surface area (Å²) in [5.41, 5.74) is 3.58. The summed E-state index contributed by atoms with van der Waals surface area (Å²) in [5.74, 6) is 0.146. The van der Waals surface area contributed by atoms with Crippen LogP contribution in [0.3, 0.4) is 0 Å². The molecule has 1 N–H and O–H groups in total. The van der Waals surface area contributed by atoms with E-state index in [0.717, 1.165) is 24.1 Å². The van der Waals surface area contributed by atoms with Crippen LogP contribution in [-0.4, -0.2) is 39.1 Å². The first-order chi connectivity index (χ1) is 13.4. The van der Waals surface area contributed by atoms with E-state index in [1.54, 1.807) is 36.5 Å². The van der Waals surface area contributed by atoms with Crippen LogP contribution in [0.25, 0.3) is 11.3 Å². The first-order valence-corrected chi connectivity index (χ1v) is 10.3. The molecular formula is C21H23FN4OS. The van der Waals surface area contributed by atoms with Gasteiger partial charge in [0.05, 0.1) is 16.4 Å². The summed E-state index contributed by atoms with van der Waals surface area (Å²) >= 11 is 1.77. The zero-order valence-electron chi connectivity index (χ0n) is 16.3. The molecule has 0 unspecified atom stereocenters. The number of likely N-dealkylation sites (tertiary alicyclic amines) is 1. The van der Waals surface area contributed by atoms with E-state index in [1.807, 2.05) is 11.8 Å². The van der Waals surface area contributed by atoms with Gasteiger partial charge in [-0.1, -0.05) is 0 Å². The number of aryl methyl sites for hydroxylation is 3. The lowest BCUT2D eigenvalue weighted by Crippen LogP contribution is -2.38. The topological polar surface area (TPSA) is 61.9 Å². The maximum atomic E-state index is 13.5. The van der Waals surface area contributed by atoms with Crippen molar-refractivity contribution in [3.63, 3.8) is 0 Å². The van der Waals surface area contributed by atoms with E-state index in [4.69, 9.17) is 0 Å². The molecule has 0 radical (unpaired) electrons. The Balaban J connectivity index is 1.43. The Labute approximate surface area is 167 Å². The second kappa shape index (κ2) is 7.47. The van der Waals surface area contributed by atoms with Gasteiger partial charge < -0.3 is 4.90 Å². The van der Waals surface area contributed by atoms with Gasteiger partial charge in [-0.25, -0.2) is 9.37 Å². The first kappa shape index (κ1) is 18.8. The molecule has 2 aromatic heterocycles. The second-order valence-corrected chi connectivity index (χ2v) is 8.63. The number of nitrogens with one attached hydrogen (secondary N) is 1. The number of rotatable bonds is 3. The summed E-state index contributed by atoms with van der Waals surface area (Å²) in [4.78, 5) is 20.7. The highest BCUT2D eigenvalue weighted by atomic mass is 32.1. The molecule has 0 spiro atoms. The number of H-pyrrole nitrogens is 1. The van der Waals surface area contributed by atoms with Gasteiger partial charge >= 0.3 is 0 Å². The van der Waals surface area contributed by atoms with Gasteiger partial charge in [-0.15, -0.1) is 11.3 Å². The van der Waals surface area contributed by atoms with Crippen LogP contribution in [0.5, 0.6) is 0 Å². The summed E-state index contributed by atoms with van der Waals surface area (Å²) in [5, 5.41) is 8.28. The summed E-state index contributed by atoms with van der Waals surface area (Å²) in [6.07, 6.45) is 1.85. The maximum absolute atomic E-state index is 13.5. The average Bonchev–Trinajstić information content (AvgIpc) is 3.31. The summed E-state index contributed by atoms with van der Waals surface area (Å²) in [6, 6.07) is 6.59. The normalized spacial score (nSPS) is 15.2. The fourth-order valence-electron chi connectivity index (χ4n) is 3.56. The molecule has 1 aliphatic heterocycles. The molecule has 1 aromatic carbocycles. The summed E-state index contributed by atoms with van der Waals surface area (Å²) < 4.78 is 13.5. The van der Waals surface area contributed by atoms with Gasteiger partial charge in [-0.3, -0.25) is 9.89 Å². The molecule has 7 heteroatoms. The van der Waals surface area contributed by atoms with E-state index < -0.39 is 0 Å². The minimum absolute atomic E-state index is 0.0393. The zero-order valence-corrected chi connectivity index (χ0v) is 17.1. The third-order valence-corrected chi connectivity index (χ3v) is 6.67. The van der Waals surface area contributed by atoms with Crippen LogP contribution >= 0.6 is 11.3 Å². The Bertz CT molecular complexity index is 998. The molecule has 0 saturated carbocycles. The van der Waals surface area contributed by atoms with Gasteiger partial charge in [-0.05, 0) is 63.4 Å². The maximum Gasteiger partial charge on any atom is 0.271 e. The van der Waals surface area contributed by atoms with Crippen molar-refractivity contribution in [3.05, 3.63) is 56.9 Å². The molecule has 1 fully saturated rings. The third-order valence-electron chi connectivity index (χ3n) is 5.44. The molecule has 0 bridgehead atoms. The van der Waals surface area contributed by atoms with E-state index in [-0.39, 0.29) is 11.7 Å². The molecule has 3 heterocycles. The lowest BCUT2D eigenvalue weighted by Gasteiger charge is -2.30. The van der Waals surface area contributed by atoms with Crippen molar-refractivity contribution in [1.29, 1.82) is 0 Å². The van der Waals surface area contributed by atoms with Crippen LogP contribution in [0.4, 0.5) is 4.39 Å². The fraction of sp³-hybridized carbons (Fsp3) is 0.381. The molecule has 3 aromatic rings. The van der Waals surface area contributed by atoms with E-state index >= 15 is 0 Å². The van der Waals surface area contributed by atoms with Gasteiger partial charge in [0.15, 0.2) is 0 Å². The zero-order chi connectivity index (χ0) is 19.8. The Morgan fingerprint density at radius 2 is 1.96 bits per heavy atom. The highest BCUT2D eigenvalue weighted by Crippen LogP contribution is 2.32. The molecule has 1 aliphatic rings. The summed E-state index contributed by atoms with van der Waals surface area (Å²) in [7, 11) is 0. The Morgan fingerprint density at radius 3 is 2.61 bits per heavy atom. The van der Waals surface area contributed by atoms with Crippen LogP contribution in [0.15, 0.2) is 24.3 Å². The SMILES string of the molecule is Cc1cc(-c2cc(C(=O)N3CCC(c4nc(C)c(C)s4)CC3)[nH]n2)ccc1F. The molecule has 0 atom stereocenters. The number of benzene rings is 1. The number of nitrogens with zero attached hydrogens (tertiary/aromatic N) is 3. The van der Waals surface area contributed by atoms with Crippen molar-refractivity contribution >= 4 is 17.2 Å². The predicted octanol–water partition coefficient (Wildman–Crippen LogP) is 4.62. The minimum Gasteiger partial charge on any atom is -0.337 e. The lowest BCUT2D eigenvalue weighted by atomic mass is 9.97. The number of halogens is 1. The molecule has 1 saturated heterocycles. The number of piperidine rings is 1. The molecule has 28 heavy (non-hydrogen) atoms. The largest absolute Gasteiger partial charge is 0.337 e. The quantitative estimate of drug-likeness (QED) is 0.700. The van der Waals surface area contributed by atoms with Crippen LogP contribution in [0, 0.1) is 26.6 Å². The molecule has 5 nitrogen and oxygen atoms in total. The van der Waals surface area contributed by atoms with Gasteiger partial charge in [0.2, 0.25) is 0 Å². The van der Waals surface area contributed by atoms with Crippen LogP contribution < -0.4 is 0 Å². The number of amides is 1. The lowest BCUT2D eigenvalue weighted by molar-refractivity contribution is 0.0707. The van der Waals surface area contributed by atoms with Crippen LogP contribution in [0.1, 0.15) is 50.4 Å². The third kappa shape index (κ3) is 3.58. The van der Waals surface area contributed by atoms with Crippen molar-refractivity contribution in [1.82, 2.24) is 20.1 Å². The molecular weight excluding hydrogens is 375 g/mol. The minimum atomic E-state index is -0.246. The highest BCUT2D eigenvalue weighted by molar-refractivity contribution is 7.11. The predicted molar refractivity (Wildman–Crippen MR) is 108 cm³/mol. The van der Waals surface area contributed by atoms with E-state index in [1.165, 1.54) is 16.0 Å². The molecule has 4 rings (SSSR count). The van der Waals surface area contributed by atoms with Gasteiger partial charge in [0.1, 0.15) is 11.5 Å². The van der Waals surface area contributed by atoms with Crippen molar-refractivity contribution < 1.29 is 9.18 Å². The monoisotopic (exact) mass is 398 g/mol.